The van der Waals surface area contributed by atoms with Crippen LogP contribution in [0.1, 0.15) is 18.9 Å². The van der Waals surface area contributed by atoms with Crippen molar-refractivity contribution in [1.29, 1.82) is 0 Å². The molecule has 0 bridgehead atoms. The van der Waals surface area contributed by atoms with Crippen molar-refractivity contribution in [2.45, 2.75) is 25.9 Å². The maximum Gasteiger partial charge on any atom is 0.0701 e. The summed E-state index contributed by atoms with van der Waals surface area (Å²) in [6, 6.07) is 2.96. The molecule has 0 radical (unpaired) electrons. The second-order valence-corrected chi connectivity index (χ2v) is 6.26. The monoisotopic (exact) mass is 288 g/mol. The average molecular weight is 289 g/mol. The zero-order valence-corrected chi connectivity index (χ0v) is 11.4. The first-order chi connectivity index (χ1) is 7.29. The van der Waals surface area contributed by atoms with E-state index in [1.807, 2.05) is 0 Å². The van der Waals surface area contributed by atoms with E-state index in [2.05, 4.69) is 44.5 Å². The van der Waals surface area contributed by atoms with E-state index >= 15 is 0 Å². The number of nitrogens with zero attached hydrogens (tertiary/aromatic N) is 1. The topological polar surface area (TPSA) is 15.3 Å². The van der Waals surface area contributed by atoms with Gasteiger partial charge in [-0.05, 0) is 52.5 Å². The molecule has 1 aromatic heterocycles. The Balaban J connectivity index is 1.95. The molecule has 1 N–H and O–H groups in total. The minimum absolute atomic E-state index is 0.730. The standard InChI is InChI=1S/C11H17BrN2S/c1-2-14(10-3-4-13-6-10)7-9-5-11(12)15-8-9/h5,8,10,13H,2-4,6-7H2,1H3. The van der Waals surface area contributed by atoms with Crippen LogP contribution in [-0.4, -0.2) is 30.6 Å². The van der Waals surface area contributed by atoms with Gasteiger partial charge in [0.05, 0.1) is 3.79 Å². The van der Waals surface area contributed by atoms with Crippen LogP contribution in [0.25, 0.3) is 0 Å². The lowest BCUT2D eigenvalue weighted by Crippen LogP contribution is -2.35. The zero-order chi connectivity index (χ0) is 10.7. The molecule has 2 nitrogen and oxygen atoms in total. The van der Waals surface area contributed by atoms with Crippen LogP contribution in [0.3, 0.4) is 0 Å². The van der Waals surface area contributed by atoms with Gasteiger partial charge >= 0.3 is 0 Å². The van der Waals surface area contributed by atoms with E-state index in [-0.39, 0.29) is 0 Å². The number of nitrogens with one attached hydrogen (secondary N) is 1. The van der Waals surface area contributed by atoms with Crippen molar-refractivity contribution in [1.82, 2.24) is 10.2 Å². The van der Waals surface area contributed by atoms with Crippen LogP contribution >= 0.6 is 27.3 Å². The molecule has 1 unspecified atom stereocenters. The minimum Gasteiger partial charge on any atom is -0.315 e. The molecule has 0 spiro atoms. The molecule has 1 aliphatic heterocycles. The van der Waals surface area contributed by atoms with Gasteiger partial charge in [-0.2, -0.15) is 0 Å². The molecule has 15 heavy (non-hydrogen) atoms. The van der Waals surface area contributed by atoms with Gasteiger partial charge in [0.1, 0.15) is 0 Å². The molecule has 1 atom stereocenters. The molecule has 0 amide bonds. The lowest BCUT2D eigenvalue weighted by atomic mass is 10.2. The Labute approximate surface area is 104 Å². The van der Waals surface area contributed by atoms with Gasteiger partial charge in [-0.25, -0.2) is 0 Å². The molecule has 2 rings (SSSR count). The highest BCUT2D eigenvalue weighted by Gasteiger charge is 2.21. The van der Waals surface area contributed by atoms with Crippen molar-refractivity contribution in [3.05, 3.63) is 20.8 Å². The van der Waals surface area contributed by atoms with Gasteiger partial charge in [0, 0.05) is 19.1 Å². The maximum absolute atomic E-state index is 3.52. The van der Waals surface area contributed by atoms with Gasteiger partial charge in [-0.1, -0.05) is 6.92 Å². The molecule has 0 aliphatic carbocycles. The SMILES string of the molecule is CCN(Cc1csc(Br)c1)C1CCNC1. The van der Waals surface area contributed by atoms with E-state index in [4.69, 9.17) is 0 Å². The van der Waals surface area contributed by atoms with Crippen LogP contribution in [0.15, 0.2) is 15.2 Å². The van der Waals surface area contributed by atoms with E-state index in [9.17, 15) is 0 Å². The van der Waals surface area contributed by atoms with E-state index in [0.717, 1.165) is 25.7 Å². The normalized spacial score (nSPS) is 21.4. The summed E-state index contributed by atoms with van der Waals surface area (Å²) in [5.41, 5.74) is 1.43. The molecule has 2 heterocycles. The van der Waals surface area contributed by atoms with Gasteiger partial charge in [-0.3, -0.25) is 4.90 Å². The summed E-state index contributed by atoms with van der Waals surface area (Å²) in [5, 5.41) is 5.67. The number of thiophene rings is 1. The Morgan fingerprint density at radius 1 is 1.67 bits per heavy atom. The third-order valence-corrected chi connectivity index (χ3v) is 4.52. The summed E-state index contributed by atoms with van der Waals surface area (Å²) >= 11 is 5.29. The number of hydrogen-bond donors (Lipinski definition) is 1. The van der Waals surface area contributed by atoms with Crippen LogP contribution in [0.2, 0.25) is 0 Å². The van der Waals surface area contributed by atoms with Crippen molar-refractivity contribution < 1.29 is 0 Å². The van der Waals surface area contributed by atoms with E-state index in [1.165, 1.54) is 22.3 Å². The summed E-state index contributed by atoms with van der Waals surface area (Å²) in [6.45, 7) is 6.80. The second-order valence-electron chi connectivity index (χ2n) is 3.97. The first-order valence-corrected chi connectivity index (χ1v) is 7.14. The highest BCUT2D eigenvalue weighted by molar-refractivity contribution is 9.11. The Bertz CT molecular complexity index is 307. The smallest absolute Gasteiger partial charge is 0.0701 e. The predicted octanol–water partition coefficient (Wildman–Crippen LogP) is 2.69. The Morgan fingerprint density at radius 3 is 3.07 bits per heavy atom. The van der Waals surface area contributed by atoms with Crippen LogP contribution in [0.4, 0.5) is 0 Å². The molecule has 1 fully saturated rings. The van der Waals surface area contributed by atoms with Crippen LogP contribution in [0.5, 0.6) is 0 Å². The summed E-state index contributed by atoms with van der Waals surface area (Å²) in [5.74, 6) is 0. The van der Waals surface area contributed by atoms with Crippen molar-refractivity contribution >= 4 is 27.3 Å². The van der Waals surface area contributed by atoms with Gasteiger partial charge in [-0.15, -0.1) is 11.3 Å². The van der Waals surface area contributed by atoms with Crippen LogP contribution < -0.4 is 5.32 Å². The fraction of sp³-hybridized carbons (Fsp3) is 0.636. The molecular formula is C11H17BrN2S. The van der Waals surface area contributed by atoms with Gasteiger partial charge in [0.25, 0.3) is 0 Å². The van der Waals surface area contributed by atoms with E-state index in [0.29, 0.717) is 0 Å². The predicted molar refractivity (Wildman–Crippen MR) is 69.4 cm³/mol. The van der Waals surface area contributed by atoms with Crippen molar-refractivity contribution in [2.24, 2.45) is 0 Å². The van der Waals surface area contributed by atoms with E-state index in [1.54, 1.807) is 11.3 Å². The number of halogens is 1. The third-order valence-electron chi connectivity index (χ3n) is 2.96. The molecule has 1 aromatic rings. The molecule has 0 aromatic carbocycles. The number of rotatable bonds is 4. The lowest BCUT2D eigenvalue weighted by molar-refractivity contribution is 0.210. The summed E-state index contributed by atoms with van der Waals surface area (Å²) in [7, 11) is 0. The quantitative estimate of drug-likeness (QED) is 0.917. The first-order valence-electron chi connectivity index (χ1n) is 5.47. The lowest BCUT2D eigenvalue weighted by Gasteiger charge is -2.26. The van der Waals surface area contributed by atoms with Gasteiger partial charge < -0.3 is 5.32 Å². The van der Waals surface area contributed by atoms with Crippen molar-refractivity contribution in [2.75, 3.05) is 19.6 Å². The number of likely N-dealkylation sites (N-methyl/N-ethyl adjacent to an activating group) is 1. The third kappa shape index (κ3) is 3.03. The zero-order valence-electron chi connectivity index (χ0n) is 9.00. The highest BCUT2D eigenvalue weighted by atomic mass is 79.9. The molecular weight excluding hydrogens is 272 g/mol. The fourth-order valence-corrected chi connectivity index (χ4v) is 3.31. The second kappa shape index (κ2) is 5.43. The average Bonchev–Trinajstić information content (AvgIpc) is 2.85. The highest BCUT2D eigenvalue weighted by Crippen LogP contribution is 2.22. The molecule has 1 aliphatic rings. The van der Waals surface area contributed by atoms with Crippen LogP contribution in [-0.2, 0) is 6.54 Å². The summed E-state index contributed by atoms with van der Waals surface area (Å²) < 4.78 is 1.23. The molecule has 84 valence electrons. The van der Waals surface area contributed by atoms with Gasteiger partial charge in [0.2, 0.25) is 0 Å². The number of hydrogen-bond acceptors (Lipinski definition) is 3. The van der Waals surface area contributed by atoms with Gasteiger partial charge in [0.15, 0.2) is 0 Å². The molecule has 0 saturated carbocycles. The summed E-state index contributed by atoms with van der Waals surface area (Å²) in [4.78, 5) is 2.56. The molecule has 4 heteroatoms. The largest absolute Gasteiger partial charge is 0.315 e. The molecule has 1 saturated heterocycles. The fourth-order valence-electron chi connectivity index (χ4n) is 2.11. The summed E-state index contributed by atoms with van der Waals surface area (Å²) in [6.07, 6.45) is 1.29. The Hall–Kier alpha value is 0.1000. The van der Waals surface area contributed by atoms with Crippen LogP contribution in [0, 0.1) is 0 Å². The maximum atomic E-state index is 3.52. The first kappa shape index (κ1) is 11.6. The minimum atomic E-state index is 0.730. The van der Waals surface area contributed by atoms with Crippen molar-refractivity contribution in [3.8, 4) is 0 Å². The Morgan fingerprint density at radius 2 is 2.53 bits per heavy atom. The van der Waals surface area contributed by atoms with E-state index < -0.39 is 0 Å². The van der Waals surface area contributed by atoms with Crippen molar-refractivity contribution in [3.63, 3.8) is 0 Å². The Kier molecular flexibility index (Phi) is 4.20.